The van der Waals surface area contributed by atoms with Crippen LogP contribution in [0.5, 0.6) is 5.75 Å². The van der Waals surface area contributed by atoms with Gasteiger partial charge in [-0.05, 0) is 55.5 Å². The summed E-state index contributed by atoms with van der Waals surface area (Å²) in [6, 6.07) is 12.6. The average molecular weight is 473 g/mol. The maximum atomic E-state index is 13.3. The standard InChI is InChI=1S/C23H18Cl2N2O5/c1-2-31-21-8-5-14(10-18(21)25)20(28)13-26-19-11-15(24)6-7-17(19)22(29)27(23(26)30)12-16-4-3-9-32-16/h3-11H,2,12-13H2,1H3. The molecular formula is C23H18Cl2N2O5. The number of hydrogen-bond acceptors (Lipinski definition) is 5. The van der Waals surface area contributed by atoms with Crippen LogP contribution in [0.3, 0.4) is 0 Å². The van der Waals surface area contributed by atoms with Crippen molar-refractivity contribution < 1.29 is 13.9 Å². The van der Waals surface area contributed by atoms with Gasteiger partial charge in [-0.25, -0.2) is 4.79 Å². The van der Waals surface area contributed by atoms with Crippen molar-refractivity contribution in [3.8, 4) is 5.75 Å². The normalized spacial score (nSPS) is 11.1. The van der Waals surface area contributed by atoms with Crippen LogP contribution in [0.25, 0.3) is 10.9 Å². The van der Waals surface area contributed by atoms with Crippen LogP contribution in [0, 0.1) is 0 Å². The number of hydrogen-bond donors (Lipinski definition) is 0. The number of fused-ring (bicyclic) bond motifs is 1. The lowest BCUT2D eigenvalue weighted by Crippen LogP contribution is -2.41. The summed E-state index contributed by atoms with van der Waals surface area (Å²) in [5.41, 5.74) is -0.560. The van der Waals surface area contributed by atoms with E-state index in [4.69, 9.17) is 32.4 Å². The van der Waals surface area contributed by atoms with E-state index in [0.717, 1.165) is 4.57 Å². The van der Waals surface area contributed by atoms with Crippen LogP contribution in [0.1, 0.15) is 23.0 Å². The summed E-state index contributed by atoms with van der Waals surface area (Å²) in [5, 5.41) is 0.893. The first kappa shape index (κ1) is 21.9. The van der Waals surface area contributed by atoms with E-state index in [-0.39, 0.29) is 29.8 Å². The first-order valence-corrected chi connectivity index (χ1v) is 10.6. The second kappa shape index (κ2) is 9.06. The maximum Gasteiger partial charge on any atom is 0.332 e. The van der Waals surface area contributed by atoms with Crippen LogP contribution in [-0.4, -0.2) is 21.5 Å². The van der Waals surface area contributed by atoms with Crippen molar-refractivity contribution in [3.63, 3.8) is 0 Å². The molecule has 164 valence electrons. The number of furan rings is 1. The molecule has 0 aliphatic rings. The van der Waals surface area contributed by atoms with E-state index in [1.54, 1.807) is 30.3 Å². The Labute approximate surface area is 192 Å². The third kappa shape index (κ3) is 4.22. The molecule has 0 saturated heterocycles. The Kier molecular flexibility index (Phi) is 6.21. The highest BCUT2D eigenvalue weighted by molar-refractivity contribution is 6.32. The lowest BCUT2D eigenvalue weighted by atomic mass is 10.1. The van der Waals surface area contributed by atoms with E-state index < -0.39 is 11.2 Å². The number of aromatic nitrogens is 2. The Bertz CT molecular complexity index is 1420. The van der Waals surface area contributed by atoms with E-state index in [1.165, 1.54) is 29.0 Å². The summed E-state index contributed by atoms with van der Waals surface area (Å²) >= 11 is 12.3. The Morgan fingerprint density at radius 3 is 2.56 bits per heavy atom. The van der Waals surface area contributed by atoms with Gasteiger partial charge < -0.3 is 9.15 Å². The highest BCUT2D eigenvalue weighted by Crippen LogP contribution is 2.26. The lowest BCUT2D eigenvalue weighted by molar-refractivity contribution is 0.0971. The van der Waals surface area contributed by atoms with Gasteiger partial charge in [0.05, 0.1) is 41.9 Å². The third-order valence-corrected chi connectivity index (χ3v) is 5.47. The average Bonchev–Trinajstić information content (AvgIpc) is 3.29. The molecule has 0 fully saturated rings. The Morgan fingerprint density at radius 2 is 1.88 bits per heavy atom. The van der Waals surface area contributed by atoms with Crippen molar-refractivity contribution in [1.82, 2.24) is 9.13 Å². The Balaban J connectivity index is 1.81. The van der Waals surface area contributed by atoms with Gasteiger partial charge in [-0.3, -0.25) is 18.7 Å². The summed E-state index contributed by atoms with van der Waals surface area (Å²) in [6.45, 7) is 1.90. The van der Waals surface area contributed by atoms with Crippen molar-refractivity contribution in [2.24, 2.45) is 0 Å². The van der Waals surface area contributed by atoms with Gasteiger partial charge in [-0.1, -0.05) is 23.2 Å². The minimum absolute atomic E-state index is 0.0632. The molecule has 0 atom stereocenters. The Morgan fingerprint density at radius 1 is 1.06 bits per heavy atom. The van der Waals surface area contributed by atoms with Crippen LogP contribution in [-0.2, 0) is 13.1 Å². The van der Waals surface area contributed by atoms with Gasteiger partial charge in [0, 0.05) is 10.6 Å². The molecule has 0 spiro atoms. The molecule has 0 bridgehead atoms. The molecule has 32 heavy (non-hydrogen) atoms. The van der Waals surface area contributed by atoms with Crippen LogP contribution in [0.2, 0.25) is 10.0 Å². The van der Waals surface area contributed by atoms with Gasteiger partial charge in [-0.2, -0.15) is 0 Å². The molecule has 7 nitrogen and oxygen atoms in total. The molecule has 4 rings (SSSR count). The monoisotopic (exact) mass is 472 g/mol. The van der Waals surface area contributed by atoms with E-state index in [2.05, 4.69) is 0 Å². The molecule has 0 radical (unpaired) electrons. The number of Topliss-reactive ketones (excluding diaryl/α,β-unsaturated/α-hetero) is 1. The molecule has 2 aromatic carbocycles. The largest absolute Gasteiger partial charge is 0.492 e. The zero-order chi connectivity index (χ0) is 22.8. The molecule has 2 aromatic heterocycles. The molecule has 0 N–H and O–H groups in total. The predicted molar refractivity (Wildman–Crippen MR) is 122 cm³/mol. The molecule has 0 unspecified atom stereocenters. The van der Waals surface area contributed by atoms with E-state index in [0.29, 0.717) is 33.7 Å². The van der Waals surface area contributed by atoms with Gasteiger partial charge in [0.1, 0.15) is 11.5 Å². The Hall–Kier alpha value is -3.29. The third-order valence-electron chi connectivity index (χ3n) is 4.94. The fourth-order valence-corrected chi connectivity index (χ4v) is 3.82. The van der Waals surface area contributed by atoms with E-state index in [9.17, 15) is 14.4 Å². The van der Waals surface area contributed by atoms with Crippen LogP contribution in [0.4, 0.5) is 0 Å². The minimum Gasteiger partial charge on any atom is -0.492 e. The van der Waals surface area contributed by atoms with Crippen molar-refractivity contribution in [1.29, 1.82) is 0 Å². The fraction of sp³-hybridized carbons (Fsp3) is 0.174. The van der Waals surface area contributed by atoms with Gasteiger partial charge in [0.15, 0.2) is 5.78 Å². The molecule has 2 heterocycles. The molecule has 0 aliphatic heterocycles. The van der Waals surface area contributed by atoms with Crippen LogP contribution >= 0.6 is 23.2 Å². The molecular weight excluding hydrogens is 455 g/mol. The highest BCUT2D eigenvalue weighted by atomic mass is 35.5. The summed E-state index contributed by atoms with van der Waals surface area (Å²) in [4.78, 5) is 39.3. The van der Waals surface area contributed by atoms with Crippen LogP contribution in [0.15, 0.2) is 68.8 Å². The summed E-state index contributed by atoms with van der Waals surface area (Å²) in [5.74, 6) is 0.544. The molecule has 0 saturated carbocycles. The lowest BCUT2D eigenvalue weighted by Gasteiger charge is -2.14. The van der Waals surface area contributed by atoms with Gasteiger partial charge in [0.2, 0.25) is 0 Å². The molecule has 0 aliphatic carbocycles. The summed E-state index contributed by atoms with van der Waals surface area (Å²) in [6.07, 6.45) is 1.46. The second-order valence-electron chi connectivity index (χ2n) is 7.00. The maximum absolute atomic E-state index is 13.3. The van der Waals surface area contributed by atoms with Crippen LogP contribution < -0.4 is 16.0 Å². The molecule has 0 amide bonds. The highest BCUT2D eigenvalue weighted by Gasteiger charge is 2.18. The smallest absolute Gasteiger partial charge is 0.332 e. The predicted octanol–water partition coefficient (Wildman–Crippen LogP) is 4.39. The second-order valence-corrected chi connectivity index (χ2v) is 7.85. The van der Waals surface area contributed by atoms with Gasteiger partial charge >= 0.3 is 5.69 Å². The molecule has 9 heteroatoms. The molecule has 4 aromatic rings. The fourth-order valence-electron chi connectivity index (χ4n) is 3.42. The topological polar surface area (TPSA) is 83.4 Å². The van der Waals surface area contributed by atoms with Crippen molar-refractivity contribution in [2.75, 3.05) is 6.61 Å². The number of nitrogens with zero attached hydrogens (tertiary/aromatic N) is 2. The first-order chi connectivity index (χ1) is 15.4. The quantitative estimate of drug-likeness (QED) is 0.372. The zero-order valence-electron chi connectivity index (χ0n) is 17.0. The summed E-state index contributed by atoms with van der Waals surface area (Å²) < 4.78 is 13.0. The number of benzene rings is 2. The van der Waals surface area contributed by atoms with Gasteiger partial charge in [0.25, 0.3) is 5.56 Å². The van der Waals surface area contributed by atoms with Crippen molar-refractivity contribution in [3.05, 3.63) is 97.0 Å². The number of carbonyl (C=O) groups is 1. The zero-order valence-corrected chi connectivity index (χ0v) is 18.5. The number of ether oxygens (including phenoxy) is 1. The van der Waals surface area contributed by atoms with E-state index >= 15 is 0 Å². The van der Waals surface area contributed by atoms with Crippen molar-refractivity contribution in [2.45, 2.75) is 20.0 Å². The number of halogens is 2. The van der Waals surface area contributed by atoms with Gasteiger partial charge in [-0.15, -0.1) is 0 Å². The first-order valence-electron chi connectivity index (χ1n) is 9.80. The number of rotatable bonds is 7. The number of ketones is 1. The number of carbonyl (C=O) groups excluding carboxylic acids is 1. The van der Waals surface area contributed by atoms with Crippen molar-refractivity contribution >= 4 is 39.9 Å². The SMILES string of the molecule is CCOc1ccc(C(=O)Cn2c(=O)n(Cc3ccco3)c(=O)c3ccc(Cl)cc32)cc1Cl. The minimum atomic E-state index is -0.647. The summed E-state index contributed by atoms with van der Waals surface area (Å²) in [7, 11) is 0. The van der Waals surface area contributed by atoms with E-state index in [1.807, 2.05) is 6.92 Å².